The van der Waals surface area contributed by atoms with Crippen molar-refractivity contribution in [2.24, 2.45) is 0 Å². The summed E-state index contributed by atoms with van der Waals surface area (Å²) in [5, 5.41) is 5.75. The molecular formula is C13H10N4O2S2. The maximum atomic E-state index is 12.1. The number of amides is 1. The summed E-state index contributed by atoms with van der Waals surface area (Å²) >= 11 is 6.19. The Morgan fingerprint density at radius 3 is 2.95 bits per heavy atom. The molecule has 8 heteroatoms. The van der Waals surface area contributed by atoms with Crippen LogP contribution in [-0.2, 0) is 6.54 Å². The molecule has 1 aromatic carbocycles. The van der Waals surface area contributed by atoms with Crippen molar-refractivity contribution in [3.63, 3.8) is 0 Å². The minimum absolute atomic E-state index is 0.243. The van der Waals surface area contributed by atoms with Gasteiger partial charge < -0.3 is 9.73 Å². The minimum Gasteiger partial charge on any atom is -0.467 e. The lowest BCUT2D eigenvalue weighted by atomic mass is 10.2. The lowest BCUT2D eigenvalue weighted by molar-refractivity contribution is 0.0976. The van der Waals surface area contributed by atoms with Gasteiger partial charge in [-0.2, -0.15) is 8.75 Å². The van der Waals surface area contributed by atoms with E-state index < -0.39 is 0 Å². The zero-order valence-corrected chi connectivity index (χ0v) is 12.3. The fourth-order valence-corrected chi connectivity index (χ4v) is 2.41. The van der Waals surface area contributed by atoms with Gasteiger partial charge in [-0.15, -0.1) is 0 Å². The molecule has 0 aliphatic heterocycles. The van der Waals surface area contributed by atoms with Crippen LogP contribution in [0.5, 0.6) is 0 Å². The van der Waals surface area contributed by atoms with Gasteiger partial charge in [-0.1, -0.05) is 0 Å². The normalized spacial score (nSPS) is 10.5. The number of hydrogen-bond acceptors (Lipinski definition) is 6. The molecule has 0 saturated heterocycles. The van der Waals surface area contributed by atoms with Crippen molar-refractivity contribution in [3.8, 4) is 0 Å². The van der Waals surface area contributed by atoms with Crippen LogP contribution in [0.25, 0.3) is 11.0 Å². The molecule has 0 spiro atoms. The summed E-state index contributed by atoms with van der Waals surface area (Å²) in [6, 6.07) is 8.74. The van der Waals surface area contributed by atoms with E-state index in [2.05, 4.69) is 19.4 Å². The first kappa shape index (κ1) is 13.7. The van der Waals surface area contributed by atoms with Crippen molar-refractivity contribution in [3.05, 3.63) is 47.9 Å². The number of benzene rings is 1. The van der Waals surface area contributed by atoms with Crippen LogP contribution in [0.4, 0.5) is 0 Å². The number of hydrogen-bond donors (Lipinski definition) is 2. The molecule has 0 unspecified atom stereocenters. The Bertz CT molecular complexity index is 782. The highest BCUT2D eigenvalue weighted by molar-refractivity contribution is 7.80. The maximum Gasteiger partial charge on any atom is 0.257 e. The molecule has 1 amide bonds. The van der Waals surface area contributed by atoms with Gasteiger partial charge in [0.2, 0.25) is 0 Å². The highest BCUT2D eigenvalue weighted by atomic mass is 32.1. The Balaban J connectivity index is 1.61. The summed E-state index contributed by atoms with van der Waals surface area (Å²) in [4.78, 5) is 12.1. The lowest BCUT2D eigenvalue weighted by Crippen LogP contribution is -2.38. The van der Waals surface area contributed by atoms with Gasteiger partial charge in [0.05, 0.1) is 24.5 Å². The summed E-state index contributed by atoms with van der Waals surface area (Å²) in [7, 11) is 0. The molecule has 3 rings (SSSR count). The standard InChI is InChI=1S/C13H10N4O2S2/c18-12(8-3-4-10-11(6-8)17-21-16-10)15-13(20)14-7-9-2-1-5-19-9/h1-6H,7H2,(H2,14,15,18,20). The second-order valence-corrected chi connectivity index (χ2v) is 5.12. The van der Waals surface area contributed by atoms with Crippen molar-refractivity contribution in [2.75, 3.05) is 0 Å². The molecule has 6 nitrogen and oxygen atoms in total. The predicted molar refractivity (Wildman–Crippen MR) is 83.0 cm³/mol. The SMILES string of the molecule is O=C(NC(=S)NCc1ccco1)c1ccc2nsnc2c1. The quantitative estimate of drug-likeness (QED) is 0.720. The van der Waals surface area contributed by atoms with Crippen molar-refractivity contribution >= 4 is 46.0 Å². The first-order valence-electron chi connectivity index (χ1n) is 6.06. The van der Waals surface area contributed by atoms with Gasteiger partial charge in [-0.25, -0.2) is 0 Å². The molecule has 0 aliphatic rings. The zero-order chi connectivity index (χ0) is 14.7. The van der Waals surface area contributed by atoms with E-state index in [0.717, 1.165) is 23.0 Å². The van der Waals surface area contributed by atoms with E-state index in [0.29, 0.717) is 17.6 Å². The van der Waals surface area contributed by atoms with Crippen LogP contribution >= 0.6 is 23.9 Å². The summed E-state index contributed by atoms with van der Waals surface area (Å²) in [5.74, 6) is 0.448. The van der Waals surface area contributed by atoms with Crippen molar-refractivity contribution in [2.45, 2.75) is 6.54 Å². The van der Waals surface area contributed by atoms with E-state index in [-0.39, 0.29) is 11.0 Å². The molecule has 0 aliphatic carbocycles. The second-order valence-electron chi connectivity index (χ2n) is 4.18. The van der Waals surface area contributed by atoms with Gasteiger partial charge in [-0.3, -0.25) is 10.1 Å². The lowest BCUT2D eigenvalue weighted by Gasteiger charge is -2.08. The van der Waals surface area contributed by atoms with E-state index in [1.807, 2.05) is 6.07 Å². The Kier molecular flexibility index (Phi) is 3.89. The summed E-state index contributed by atoms with van der Waals surface area (Å²) < 4.78 is 13.4. The Hall–Kier alpha value is -2.32. The number of furan rings is 1. The third-order valence-electron chi connectivity index (χ3n) is 2.75. The third-order valence-corrected chi connectivity index (χ3v) is 3.55. The van der Waals surface area contributed by atoms with E-state index >= 15 is 0 Å². The molecule has 0 atom stereocenters. The molecule has 21 heavy (non-hydrogen) atoms. The van der Waals surface area contributed by atoms with Crippen LogP contribution in [0.2, 0.25) is 0 Å². The molecule has 0 bridgehead atoms. The number of thiocarbonyl (C=S) groups is 1. The number of nitrogens with one attached hydrogen (secondary N) is 2. The molecule has 106 valence electrons. The third kappa shape index (κ3) is 3.23. The van der Waals surface area contributed by atoms with Crippen molar-refractivity contribution < 1.29 is 9.21 Å². The van der Waals surface area contributed by atoms with E-state index in [4.69, 9.17) is 16.6 Å². The van der Waals surface area contributed by atoms with Gasteiger partial charge in [-0.05, 0) is 42.5 Å². The van der Waals surface area contributed by atoms with Crippen molar-refractivity contribution in [1.29, 1.82) is 0 Å². The maximum absolute atomic E-state index is 12.1. The average Bonchev–Trinajstić information content (AvgIpc) is 3.15. The van der Waals surface area contributed by atoms with Gasteiger partial charge in [0.25, 0.3) is 5.91 Å². The molecular weight excluding hydrogens is 308 g/mol. The van der Waals surface area contributed by atoms with Gasteiger partial charge in [0.1, 0.15) is 16.8 Å². The van der Waals surface area contributed by atoms with Crippen LogP contribution in [0.3, 0.4) is 0 Å². The number of fused-ring (bicyclic) bond motifs is 1. The molecule has 2 heterocycles. The highest BCUT2D eigenvalue weighted by Gasteiger charge is 2.10. The monoisotopic (exact) mass is 318 g/mol. The van der Waals surface area contributed by atoms with E-state index in [1.54, 1.807) is 30.5 Å². The molecule has 2 N–H and O–H groups in total. The predicted octanol–water partition coefficient (Wildman–Crippen LogP) is 2.09. The number of aromatic nitrogens is 2. The van der Waals surface area contributed by atoms with Gasteiger partial charge in [0, 0.05) is 5.56 Å². The summed E-state index contributed by atoms with van der Waals surface area (Å²) in [6.45, 7) is 0.418. The Labute approximate surface area is 129 Å². The molecule has 0 saturated carbocycles. The first-order chi connectivity index (χ1) is 10.2. The minimum atomic E-state index is -0.290. The molecule has 2 aromatic heterocycles. The van der Waals surface area contributed by atoms with Crippen LogP contribution in [-0.4, -0.2) is 19.8 Å². The molecule has 3 aromatic rings. The van der Waals surface area contributed by atoms with Gasteiger partial charge in [0.15, 0.2) is 5.11 Å². The fourth-order valence-electron chi connectivity index (χ4n) is 1.72. The smallest absolute Gasteiger partial charge is 0.257 e. The van der Waals surface area contributed by atoms with Crippen LogP contribution in [0.1, 0.15) is 16.1 Å². The number of carbonyl (C=O) groups is 1. The zero-order valence-electron chi connectivity index (χ0n) is 10.7. The van der Waals surface area contributed by atoms with Crippen molar-refractivity contribution in [1.82, 2.24) is 19.4 Å². The Morgan fingerprint density at radius 2 is 2.14 bits per heavy atom. The molecule has 0 fully saturated rings. The van der Waals surface area contributed by atoms with Gasteiger partial charge >= 0.3 is 0 Å². The largest absolute Gasteiger partial charge is 0.467 e. The van der Waals surface area contributed by atoms with Crippen LogP contribution in [0.15, 0.2) is 41.0 Å². The second kappa shape index (κ2) is 5.98. The highest BCUT2D eigenvalue weighted by Crippen LogP contribution is 2.13. The number of carbonyl (C=O) groups excluding carboxylic acids is 1. The number of nitrogens with zero attached hydrogens (tertiary/aromatic N) is 2. The summed E-state index contributed by atoms with van der Waals surface area (Å²) in [6.07, 6.45) is 1.58. The van der Waals surface area contributed by atoms with Crippen LogP contribution < -0.4 is 10.6 Å². The Morgan fingerprint density at radius 1 is 1.29 bits per heavy atom. The van der Waals surface area contributed by atoms with E-state index in [1.165, 1.54) is 0 Å². The van der Waals surface area contributed by atoms with Crippen LogP contribution in [0, 0.1) is 0 Å². The summed E-state index contributed by atoms with van der Waals surface area (Å²) in [5.41, 5.74) is 1.95. The van der Waals surface area contributed by atoms with E-state index in [9.17, 15) is 4.79 Å². The number of rotatable bonds is 3. The average molecular weight is 318 g/mol. The topological polar surface area (TPSA) is 80.0 Å². The fraction of sp³-hybridized carbons (Fsp3) is 0.0769. The first-order valence-corrected chi connectivity index (χ1v) is 7.20. The molecule has 0 radical (unpaired) electrons.